The van der Waals surface area contributed by atoms with Crippen molar-refractivity contribution in [2.45, 2.75) is 24.9 Å². The van der Waals surface area contributed by atoms with Gasteiger partial charge in [-0.3, -0.25) is 0 Å². The number of rotatable bonds is 3. The number of aromatic amines is 1. The molecule has 4 rings (SSSR count). The number of nitrogens with one attached hydrogen (secondary N) is 2. The summed E-state index contributed by atoms with van der Waals surface area (Å²) < 4.78 is 0. The summed E-state index contributed by atoms with van der Waals surface area (Å²) >= 11 is 0. The Morgan fingerprint density at radius 2 is 2.33 bits per heavy atom. The SMILES string of the molecule is CN(Cc1ncc[nH]1)C(=O)N[C@@H]1[C@H]2Cc3ccccc3[C@H]21. The molecule has 1 saturated carbocycles. The summed E-state index contributed by atoms with van der Waals surface area (Å²) in [5, 5.41) is 3.15. The normalized spacial score (nSPS) is 25.1. The number of urea groups is 1. The minimum absolute atomic E-state index is 0.0247. The van der Waals surface area contributed by atoms with Gasteiger partial charge in [-0.05, 0) is 23.5 Å². The third-order valence-electron chi connectivity index (χ3n) is 4.62. The predicted octanol–water partition coefficient (Wildman–Crippen LogP) is 1.89. The number of benzene rings is 1. The molecule has 3 atom stereocenters. The largest absolute Gasteiger partial charge is 0.347 e. The topological polar surface area (TPSA) is 61.0 Å². The first-order valence-electron chi connectivity index (χ1n) is 7.32. The minimum Gasteiger partial charge on any atom is -0.347 e. The zero-order valence-corrected chi connectivity index (χ0v) is 11.9. The molecule has 0 bridgehead atoms. The van der Waals surface area contributed by atoms with Crippen LogP contribution in [0.3, 0.4) is 0 Å². The van der Waals surface area contributed by atoms with Gasteiger partial charge >= 0.3 is 6.03 Å². The molecule has 1 fully saturated rings. The first-order valence-corrected chi connectivity index (χ1v) is 7.32. The van der Waals surface area contributed by atoms with E-state index in [4.69, 9.17) is 0 Å². The molecule has 0 saturated heterocycles. The maximum Gasteiger partial charge on any atom is 0.317 e. The fourth-order valence-electron chi connectivity index (χ4n) is 3.48. The van der Waals surface area contributed by atoms with Crippen molar-refractivity contribution in [3.63, 3.8) is 0 Å². The van der Waals surface area contributed by atoms with Gasteiger partial charge in [0.15, 0.2) is 0 Å². The molecule has 1 aromatic carbocycles. The average molecular weight is 282 g/mol. The smallest absolute Gasteiger partial charge is 0.317 e. The van der Waals surface area contributed by atoms with E-state index in [0.29, 0.717) is 24.4 Å². The molecule has 21 heavy (non-hydrogen) atoms. The molecule has 2 amide bonds. The predicted molar refractivity (Wildman–Crippen MR) is 78.8 cm³/mol. The molecule has 1 heterocycles. The lowest BCUT2D eigenvalue weighted by Crippen LogP contribution is -2.39. The second-order valence-electron chi connectivity index (χ2n) is 5.96. The third kappa shape index (κ3) is 2.09. The van der Waals surface area contributed by atoms with E-state index in [1.54, 1.807) is 24.3 Å². The van der Waals surface area contributed by atoms with Crippen LogP contribution in [0, 0.1) is 5.92 Å². The van der Waals surface area contributed by atoms with Crippen molar-refractivity contribution in [2.24, 2.45) is 5.92 Å². The number of hydrogen-bond donors (Lipinski definition) is 2. The Morgan fingerprint density at radius 1 is 1.48 bits per heavy atom. The van der Waals surface area contributed by atoms with E-state index in [1.165, 1.54) is 11.1 Å². The summed E-state index contributed by atoms with van der Waals surface area (Å²) in [5.41, 5.74) is 2.86. The van der Waals surface area contributed by atoms with Crippen molar-refractivity contribution in [3.8, 4) is 0 Å². The first-order chi connectivity index (χ1) is 10.2. The van der Waals surface area contributed by atoms with Crippen LogP contribution in [-0.4, -0.2) is 34.0 Å². The Kier molecular flexibility index (Phi) is 2.74. The number of fused-ring (bicyclic) bond motifs is 3. The Labute approximate surface area is 123 Å². The van der Waals surface area contributed by atoms with E-state index in [2.05, 4.69) is 39.6 Å². The molecule has 0 radical (unpaired) electrons. The zero-order valence-electron chi connectivity index (χ0n) is 11.9. The fourth-order valence-corrected chi connectivity index (χ4v) is 3.48. The van der Waals surface area contributed by atoms with Crippen molar-refractivity contribution in [1.29, 1.82) is 0 Å². The summed E-state index contributed by atoms with van der Waals surface area (Å²) in [4.78, 5) is 21.1. The number of carbonyl (C=O) groups is 1. The highest BCUT2D eigenvalue weighted by atomic mass is 16.2. The van der Waals surface area contributed by atoms with Crippen molar-refractivity contribution in [2.75, 3.05) is 7.05 Å². The van der Waals surface area contributed by atoms with Gasteiger partial charge in [-0.15, -0.1) is 0 Å². The first kappa shape index (κ1) is 12.4. The maximum atomic E-state index is 12.2. The number of H-pyrrole nitrogens is 1. The Morgan fingerprint density at radius 3 is 3.14 bits per heavy atom. The van der Waals surface area contributed by atoms with Gasteiger partial charge in [0, 0.05) is 31.4 Å². The number of nitrogens with zero attached hydrogens (tertiary/aromatic N) is 2. The lowest BCUT2D eigenvalue weighted by Gasteiger charge is -2.18. The van der Waals surface area contributed by atoms with Crippen molar-refractivity contribution < 1.29 is 4.79 Å². The standard InChI is InChI=1S/C16H18N4O/c1-20(9-13-17-6-7-18-13)16(21)19-15-12-8-10-4-2-3-5-11(10)14(12)15/h2-7,12,14-15H,8-9H2,1H3,(H,17,18)(H,19,21)/t12-,14+,15+/m0/s1. The fraction of sp³-hybridized carbons (Fsp3) is 0.375. The van der Waals surface area contributed by atoms with Crippen molar-refractivity contribution in [1.82, 2.24) is 20.2 Å². The van der Waals surface area contributed by atoms with Gasteiger partial charge in [0.2, 0.25) is 0 Å². The molecule has 2 aromatic rings. The number of hydrogen-bond acceptors (Lipinski definition) is 2. The van der Waals surface area contributed by atoms with Crippen LogP contribution in [0.15, 0.2) is 36.7 Å². The number of imidazole rings is 1. The molecule has 2 aliphatic rings. The van der Waals surface area contributed by atoms with Crippen LogP contribution in [0.4, 0.5) is 4.79 Å². The van der Waals surface area contributed by atoms with Crippen molar-refractivity contribution >= 4 is 6.03 Å². The zero-order chi connectivity index (χ0) is 14.4. The van der Waals surface area contributed by atoms with Gasteiger partial charge < -0.3 is 15.2 Å². The molecule has 5 heteroatoms. The van der Waals surface area contributed by atoms with Crippen LogP contribution in [0.5, 0.6) is 0 Å². The van der Waals surface area contributed by atoms with Gasteiger partial charge in [0.25, 0.3) is 0 Å². The molecule has 5 nitrogen and oxygen atoms in total. The van der Waals surface area contributed by atoms with Crippen LogP contribution in [-0.2, 0) is 13.0 Å². The van der Waals surface area contributed by atoms with Gasteiger partial charge in [-0.2, -0.15) is 0 Å². The van der Waals surface area contributed by atoms with Crippen LogP contribution in [0.2, 0.25) is 0 Å². The van der Waals surface area contributed by atoms with Gasteiger partial charge in [0.1, 0.15) is 5.82 Å². The lowest BCUT2D eigenvalue weighted by molar-refractivity contribution is 0.204. The summed E-state index contributed by atoms with van der Waals surface area (Å²) in [6.07, 6.45) is 4.56. The van der Waals surface area contributed by atoms with E-state index in [1.807, 2.05) is 0 Å². The maximum absolute atomic E-state index is 12.2. The highest BCUT2D eigenvalue weighted by Crippen LogP contribution is 2.56. The molecule has 2 N–H and O–H groups in total. The number of carbonyl (C=O) groups excluding carboxylic acids is 1. The van der Waals surface area contributed by atoms with Crippen LogP contribution >= 0.6 is 0 Å². The number of aromatic nitrogens is 2. The van der Waals surface area contributed by atoms with Crippen molar-refractivity contribution in [3.05, 3.63) is 53.6 Å². The molecule has 1 aromatic heterocycles. The van der Waals surface area contributed by atoms with E-state index >= 15 is 0 Å². The summed E-state index contributed by atoms with van der Waals surface area (Å²) in [6.45, 7) is 0.497. The molecule has 0 aliphatic heterocycles. The van der Waals surface area contributed by atoms with Gasteiger partial charge in [0.05, 0.1) is 6.54 Å². The van der Waals surface area contributed by atoms with E-state index < -0.39 is 0 Å². The molecule has 2 aliphatic carbocycles. The molecule has 0 unspecified atom stereocenters. The second kappa shape index (κ2) is 4.62. The highest BCUT2D eigenvalue weighted by molar-refractivity contribution is 5.75. The van der Waals surface area contributed by atoms with Gasteiger partial charge in [-0.1, -0.05) is 24.3 Å². The molecular formula is C16H18N4O. The van der Waals surface area contributed by atoms with E-state index in [0.717, 1.165) is 12.2 Å². The summed E-state index contributed by atoms with van der Waals surface area (Å²) in [5.74, 6) is 1.90. The minimum atomic E-state index is -0.0247. The Bertz CT molecular complexity index is 667. The van der Waals surface area contributed by atoms with Crippen LogP contribution in [0.1, 0.15) is 22.9 Å². The molecule has 0 spiro atoms. The average Bonchev–Trinajstić information content (AvgIpc) is 2.86. The van der Waals surface area contributed by atoms with E-state index in [-0.39, 0.29) is 6.03 Å². The third-order valence-corrected chi connectivity index (χ3v) is 4.62. The molecular weight excluding hydrogens is 264 g/mol. The molecule has 108 valence electrons. The second-order valence-corrected chi connectivity index (χ2v) is 5.96. The lowest BCUT2D eigenvalue weighted by atomic mass is 10.1. The highest BCUT2D eigenvalue weighted by Gasteiger charge is 2.56. The number of amides is 2. The quantitative estimate of drug-likeness (QED) is 0.903. The van der Waals surface area contributed by atoms with Crippen LogP contribution in [0.25, 0.3) is 0 Å². The van der Waals surface area contributed by atoms with Gasteiger partial charge in [-0.25, -0.2) is 9.78 Å². The van der Waals surface area contributed by atoms with E-state index in [9.17, 15) is 4.79 Å². The van der Waals surface area contributed by atoms with Crippen LogP contribution < -0.4 is 5.32 Å². The summed E-state index contributed by atoms with van der Waals surface area (Å²) in [7, 11) is 1.80. The Balaban J connectivity index is 1.37. The summed E-state index contributed by atoms with van der Waals surface area (Å²) in [6, 6.07) is 8.84. The monoisotopic (exact) mass is 282 g/mol. The Hall–Kier alpha value is -2.30.